The molecule has 2 aliphatic heterocycles. The number of anilines is 2. The number of benzene rings is 2. The molecular formula is C26H34N4O4. The Hall–Kier alpha value is -3.10. The average Bonchev–Trinajstić information content (AvgIpc) is 3.11. The first-order chi connectivity index (χ1) is 16.4. The quantitative estimate of drug-likeness (QED) is 0.618. The zero-order valence-electron chi connectivity index (χ0n) is 20.2. The molecule has 0 aliphatic carbocycles. The predicted molar refractivity (Wildman–Crippen MR) is 133 cm³/mol. The number of nitrogens with zero attached hydrogens (tertiary/aromatic N) is 3. The van der Waals surface area contributed by atoms with Crippen molar-refractivity contribution >= 4 is 23.2 Å². The third-order valence-corrected chi connectivity index (χ3v) is 6.76. The van der Waals surface area contributed by atoms with Crippen LogP contribution in [0.5, 0.6) is 5.75 Å². The van der Waals surface area contributed by atoms with Gasteiger partial charge >= 0.3 is 0 Å². The monoisotopic (exact) mass is 466 g/mol. The fraction of sp³-hybridized carbons (Fsp3) is 0.462. The third kappa shape index (κ3) is 5.18. The number of para-hydroxylation sites is 2. The molecule has 1 unspecified atom stereocenters. The van der Waals surface area contributed by atoms with Crippen molar-refractivity contribution in [2.45, 2.75) is 31.9 Å². The predicted octanol–water partition coefficient (Wildman–Crippen LogP) is 1.91. The van der Waals surface area contributed by atoms with Gasteiger partial charge in [0.05, 0.1) is 25.3 Å². The van der Waals surface area contributed by atoms with Crippen LogP contribution < -0.4 is 19.9 Å². The summed E-state index contributed by atoms with van der Waals surface area (Å²) in [5.74, 6) is 0.727. The van der Waals surface area contributed by atoms with Crippen molar-refractivity contribution in [1.29, 1.82) is 0 Å². The lowest BCUT2D eigenvalue weighted by Crippen LogP contribution is -2.53. The van der Waals surface area contributed by atoms with E-state index in [0.29, 0.717) is 37.5 Å². The van der Waals surface area contributed by atoms with Crippen LogP contribution in [-0.2, 0) is 11.2 Å². The first-order valence-corrected chi connectivity index (χ1v) is 11.8. The van der Waals surface area contributed by atoms with Gasteiger partial charge in [0.2, 0.25) is 5.91 Å². The Bertz CT molecular complexity index is 1040. The zero-order valence-corrected chi connectivity index (χ0v) is 20.2. The van der Waals surface area contributed by atoms with Crippen LogP contribution in [0.15, 0.2) is 42.5 Å². The molecule has 2 heterocycles. The second-order valence-electron chi connectivity index (χ2n) is 9.15. The SMILES string of the molecule is COc1ccccc1N1CCN(C[C@H](O)CCNC(=O)c2ccc3c(c2)CC(=O)N3C)CC1C. The van der Waals surface area contributed by atoms with Gasteiger partial charge in [0.25, 0.3) is 5.91 Å². The van der Waals surface area contributed by atoms with Crippen LogP contribution in [0.4, 0.5) is 11.4 Å². The van der Waals surface area contributed by atoms with Gasteiger partial charge in [-0.2, -0.15) is 0 Å². The van der Waals surface area contributed by atoms with Crippen molar-refractivity contribution in [3.63, 3.8) is 0 Å². The Balaban J connectivity index is 1.22. The van der Waals surface area contributed by atoms with Crippen LogP contribution in [0.25, 0.3) is 0 Å². The summed E-state index contributed by atoms with van der Waals surface area (Å²) in [6.07, 6.45) is 0.296. The van der Waals surface area contributed by atoms with Crippen molar-refractivity contribution in [1.82, 2.24) is 10.2 Å². The van der Waals surface area contributed by atoms with E-state index in [-0.39, 0.29) is 11.8 Å². The van der Waals surface area contributed by atoms with Gasteiger partial charge in [0, 0.05) is 57.1 Å². The molecular weight excluding hydrogens is 432 g/mol. The summed E-state index contributed by atoms with van der Waals surface area (Å²) in [4.78, 5) is 30.6. The molecule has 0 spiro atoms. The van der Waals surface area contributed by atoms with Crippen molar-refractivity contribution in [3.05, 3.63) is 53.6 Å². The van der Waals surface area contributed by atoms with Gasteiger partial charge in [-0.15, -0.1) is 0 Å². The van der Waals surface area contributed by atoms with E-state index in [0.717, 1.165) is 42.3 Å². The number of likely N-dealkylation sites (N-methyl/N-ethyl adjacent to an activating group) is 1. The lowest BCUT2D eigenvalue weighted by molar-refractivity contribution is -0.117. The molecule has 2 atom stereocenters. The number of carbonyl (C=O) groups is 2. The van der Waals surface area contributed by atoms with E-state index in [1.54, 1.807) is 31.2 Å². The molecule has 1 fully saturated rings. The number of amides is 2. The summed E-state index contributed by atoms with van der Waals surface area (Å²) >= 11 is 0. The second kappa shape index (κ2) is 10.4. The van der Waals surface area contributed by atoms with Gasteiger partial charge < -0.3 is 25.0 Å². The Labute approximate surface area is 201 Å². The fourth-order valence-corrected chi connectivity index (χ4v) is 4.88. The van der Waals surface area contributed by atoms with Crippen LogP contribution in [0.1, 0.15) is 29.3 Å². The minimum Gasteiger partial charge on any atom is -0.495 e. The molecule has 2 aromatic carbocycles. The highest BCUT2D eigenvalue weighted by molar-refractivity contribution is 6.03. The molecule has 2 aromatic rings. The number of hydrogen-bond acceptors (Lipinski definition) is 6. The van der Waals surface area contributed by atoms with E-state index in [9.17, 15) is 14.7 Å². The number of carbonyl (C=O) groups excluding carboxylic acids is 2. The van der Waals surface area contributed by atoms with Gasteiger partial charge in [-0.3, -0.25) is 14.5 Å². The Kier molecular flexibility index (Phi) is 7.38. The molecule has 2 aliphatic rings. The summed E-state index contributed by atoms with van der Waals surface area (Å²) in [6, 6.07) is 13.7. The van der Waals surface area contributed by atoms with Gasteiger partial charge in [0.1, 0.15) is 5.75 Å². The Morgan fingerprint density at radius 3 is 2.76 bits per heavy atom. The maximum atomic E-state index is 12.5. The number of hydrogen-bond donors (Lipinski definition) is 2. The highest BCUT2D eigenvalue weighted by atomic mass is 16.5. The molecule has 2 N–H and O–H groups in total. The summed E-state index contributed by atoms with van der Waals surface area (Å²) in [5, 5.41) is 13.4. The number of aliphatic hydroxyl groups excluding tert-OH is 1. The maximum absolute atomic E-state index is 12.5. The van der Waals surface area contributed by atoms with Crippen LogP contribution in [0, 0.1) is 0 Å². The van der Waals surface area contributed by atoms with Crippen LogP contribution in [0.2, 0.25) is 0 Å². The Morgan fingerprint density at radius 2 is 2.00 bits per heavy atom. The molecule has 8 nitrogen and oxygen atoms in total. The molecule has 1 saturated heterocycles. The van der Waals surface area contributed by atoms with E-state index >= 15 is 0 Å². The topological polar surface area (TPSA) is 85.3 Å². The number of rotatable bonds is 8. The first kappa shape index (κ1) is 24.0. The number of ether oxygens (including phenoxy) is 1. The van der Waals surface area contributed by atoms with Gasteiger partial charge in [-0.1, -0.05) is 12.1 Å². The first-order valence-electron chi connectivity index (χ1n) is 11.8. The molecule has 2 amide bonds. The number of nitrogens with one attached hydrogen (secondary N) is 1. The smallest absolute Gasteiger partial charge is 0.251 e. The van der Waals surface area contributed by atoms with Crippen molar-refractivity contribution in [2.24, 2.45) is 0 Å². The largest absolute Gasteiger partial charge is 0.495 e. The number of piperazine rings is 1. The third-order valence-electron chi connectivity index (χ3n) is 6.76. The summed E-state index contributed by atoms with van der Waals surface area (Å²) < 4.78 is 5.52. The summed E-state index contributed by atoms with van der Waals surface area (Å²) in [7, 11) is 3.44. The van der Waals surface area contributed by atoms with Crippen molar-refractivity contribution in [3.8, 4) is 5.75 Å². The van der Waals surface area contributed by atoms with E-state index < -0.39 is 6.10 Å². The van der Waals surface area contributed by atoms with E-state index in [2.05, 4.69) is 28.1 Å². The number of aliphatic hydroxyl groups is 1. The van der Waals surface area contributed by atoms with Gasteiger partial charge in [-0.25, -0.2) is 0 Å². The summed E-state index contributed by atoms with van der Waals surface area (Å²) in [5.41, 5.74) is 3.37. The normalized spacial score (nSPS) is 19.2. The molecule has 4 rings (SSSR count). The lowest BCUT2D eigenvalue weighted by Gasteiger charge is -2.42. The van der Waals surface area contributed by atoms with Crippen molar-refractivity contribution in [2.75, 3.05) is 56.7 Å². The molecule has 0 saturated carbocycles. The van der Waals surface area contributed by atoms with Gasteiger partial charge in [-0.05, 0) is 49.2 Å². The number of fused-ring (bicyclic) bond motifs is 1. The number of methoxy groups -OCH3 is 1. The van der Waals surface area contributed by atoms with Crippen molar-refractivity contribution < 1.29 is 19.4 Å². The van der Waals surface area contributed by atoms with E-state index in [1.807, 2.05) is 24.3 Å². The maximum Gasteiger partial charge on any atom is 0.251 e. The molecule has 8 heteroatoms. The lowest BCUT2D eigenvalue weighted by atomic mass is 10.1. The molecule has 182 valence electrons. The minimum atomic E-state index is -0.517. The highest BCUT2D eigenvalue weighted by Gasteiger charge is 2.27. The van der Waals surface area contributed by atoms with Crippen LogP contribution in [0.3, 0.4) is 0 Å². The van der Waals surface area contributed by atoms with Gasteiger partial charge in [0.15, 0.2) is 0 Å². The van der Waals surface area contributed by atoms with Crippen LogP contribution in [-0.4, -0.2) is 80.8 Å². The second-order valence-corrected chi connectivity index (χ2v) is 9.15. The molecule has 0 bridgehead atoms. The minimum absolute atomic E-state index is 0.0359. The van der Waals surface area contributed by atoms with E-state index in [4.69, 9.17) is 4.74 Å². The highest BCUT2D eigenvalue weighted by Crippen LogP contribution is 2.31. The number of β-amino-alcohol motifs (C(OH)–C–C–N with tert-alkyl or cyclic N) is 1. The molecule has 34 heavy (non-hydrogen) atoms. The average molecular weight is 467 g/mol. The molecule has 0 aromatic heterocycles. The van der Waals surface area contributed by atoms with Crippen LogP contribution >= 0.6 is 0 Å². The Morgan fingerprint density at radius 1 is 1.21 bits per heavy atom. The standard InChI is InChI=1S/C26H34N4O4/c1-18-16-29(12-13-30(18)23-6-4-5-7-24(23)34-3)17-21(31)10-11-27-26(33)19-8-9-22-20(14-19)15-25(32)28(22)2/h4-9,14,18,21,31H,10-13,15-17H2,1-3H3,(H,27,33)/t18?,21-/m1/s1. The zero-order chi connectivity index (χ0) is 24.2. The molecule has 0 radical (unpaired) electrons. The van der Waals surface area contributed by atoms with E-state index in [1.165, 1.54) is 0 Å². The summed E-state index contributed by atoms with van der Waals surface area (Å²) in [6.45, 7) is 5.73. The fourth-order valence-electron chi connectivity index (χ4n) is 4.88.